The normalized spacial score (nSPS) is 17.0. The van der Waals surface area contributed by atoms with E-state index in [0.29, 0.717) is 23.5 Å². The predicted molar refractivity (Wildman–Crippen MR) is 84.4 cm³/mol. The van der Waals surface area contributed by atoms with Gasteiger partial charge in [0.2, 0.25) is 5.91 Å². The Morgan fingerprint density at radius 2 is 2.05 bits per heavy atom. The van der Waals surface area contributed by atoms with E-state index in [4.69, 9.17) is 4.52 Å². The molecule has 1 aliphatic rings. The van der Waals surface area contributed by atoms with Crippen molar-refractivity contribution in [3.8, 4) is 0 Å². The number of benzene rings is 1. The van der Waals surface area contributed by atoms with Gasteiger partial charge in [-0.3, -0.25) is 10.1 Å². The third kappa shape index (κ3) is 3.54. The molecule has 2 N–H and O–H groups in total. The zero-order chi connectivity index (χ0) is 15.5. The van der Waals surface area contributed by atoms with Crippen LogP contribution in [-0.2, 0) is 4.79 Å². The van der Waals surface area contributed by atoms with Crippen LogP contribution in [0.4, 0.5) is 5.82 Å². The van der Waals surface area contributed by atoms with Crippen molar-refractivity contribution in [2.24, 2.45) is 5.92 Å². The Morgan fingerprint density at radius 3 is 2.64 bits per heavy atom. The summed E-state index contributed by atoms with van der Waals surface area (Å²) in [7, 11) is 0. The number of amides is 1. The smallest absolute Gasteiger partial charge is 0.247 e. The van der Waals surface area contributed by atoms with E-state index in [2.05, 4.69) is 22.7 Å². The molecule has 0 bridgehead atoms. The molecule has 1 heterocycles. The van der Waals surface area contributed by atoms with Crippen LogP contribution in [0.15, 0.2) is 40.9 Å². The van der Waals surface area contributed by atoms with Crippen molar-refractivity contribution in [2.75, 3.05) is 5.32 Å². The number of rotatable bonds is 6. The molecule has 1 aliphatic carbocycles. The molecule has 1 amide bonds. The Kier molecular flexibility index (Phi) is 4.24. The van der Waals surface area contributed by atoms with Crippen molar-refractivity contribution in [3.63, 3.8) is 0 Å². The summed E-state index contributed by atoms with van der Waals surface area (Å²) in [6.07, 6.45) is 2.47. The molecule has 0 spiro atoms. The van der Waals surface area contributed by atoms with Crippen molar-refractivity contribution in [1.29, 1.82) is 0 Å². The Bertz CT molecular complexity index is 634. The number of nitrogens with zero attached hydrogens (tertiary/aromatic N) is 1. The van der Waals surface area contributed by atoms with Crippen LogP contribution in [0, 0.1) is 12.8 Å². The van der Waals surface area contributed by atoms with Gasteiger partial charge in [-0.05, 0) is 38.2 Å². The quantitative estimate of drug-likeness (QED) is 0.860. The largest absolute Gasteiger partial charge is 0.360 e. The van der Waals surface area contributed by atoms with E-state index < -0.39 is 6.04 Å². The predicted octanol–water partition coefficient (Wildman–Crippen LogP) is 3.05. The topological polar surface area (TPSA) is 67.2 Å². The standard InChI is InChI=1S/C17H21N3O2/c1-11-10-15(20-22-11)19-17(21)16(14-6-4-3-5-7-14)18-12(2)13-8-9-13/h3-7,10,12-13,16,18H,8-9H2,1-2H3,(H,19,20,21)/t12-,16-/m0/s1. The van der Waals surface area contributed by atoms with Crippen LogP contribution in [0.3, 0.4) is 0 Å². The van der Waals surface area contributed by atoms with Crippen molar-refractivity contribution < 1.29 is 9.32 Å². The SMILES string of the molecule is Cc1cc(NC(=O)[C@@H](N[C@@H](C)C2CC2)c2ccccc2)no1. The lowest BCUT2D eigenvalue weighted by Gasteiger charge is -2.22. The first kappa shape index (κ1) is 14.8. The summed E-state index contributed by atoms with van der Waals surface area (Å²) in [6, 6.07) is 11.4. The molecule has 1 aromatic carbocycles. The highest BCUT2D eigenvalue weighted by molar-refractivity contribution is 5.94. The Morgan fingerprint density at radius 1 is 1.32 bits per heavy atom. The van der Waals surface area contributed by atoms with E-state index in [9.17, 15) is 4.79 Å². The highest BCUT2D eigenvalue weighted by Crippen LogP contribution is 2.33. The van der Waals surface area contributed by atoms with Gasteiger partial charge in [0.25, 0.3) is 0 Å². The molecular weight excluding hydrogens is 278 g/mol. The van der Waals surface area contributed by atoms with Crippen LogP contribution < -0.4 is 10.6 Å². The van der Waals surface area contributed by atoms with Crippen LogP contribution in [0.1, 0.15) is 37.1 Å². The van der Waals surface area contributed by atoms with E-state index in [1.807, 2.05) is 30.3 Å². The minimum Gasteiger partial charge on any atom is -0.360 e. The maximum absolute atomic E-state index is 12.6. The van der Waals surface area contributed by atoms with Gasteiger partial charge in [-0.25, -0.2) is 0 Å². The molecule has 1 saturated carbocycles. The van der Waals surface area contributed by atoms with Crippen LogP contribution in [-0.4, -0.2) is 17.1 Å². The highest BCUT2D eigenvalue weighted by atomic mass is 16.5. The monoisotopic (exact) mass is 299 g/mol. The molecular formula is C17H21N3O2. The van der Waals surface area contributed by atoms with Crippen molar-refractivity contribution in [1.82, 2.24) is 10.5 Å². The first-order valence-corrected chi connectivity index (χ1v) is 7.68. The lowest BCUT2D eigenvalue weighted by molar-refractivity contribution is -0.118. The molecule has 0 radical (unpaired) electrons. The molecule has 1 fully saturated rings. The fourth-order valence-electron chi connectivity index (χ4n) is 2.59. The number of carbonyl (C=O) groups is 1. The number of hydrogen-bond acceptors (Lipinski definition) is 4. The first-order chi connectivity index (χ1) is 10.6. The third-order valence-corrected chi connectivity index (χ3v) is 4.03. The minimum atomic E-state index is -0.395. The van der Waals surface area contributed by atoms with Gasteiger partial charge in [-0.2, -0.15) is 0 Å². The van der Waals surface area contributed by atoms with Gasteiger partial charge in [0.1, 0.15) is 11.8 Å². The highest BCUT2D eigenvalue weighted by Gasteiger charge is 2.32. The molecule has 22 heavy (non-hydrogen) atoms. The summed E-state index contributed by atoms with van der Waals surface area (Å²) in [5, 5.41) is 10.1. The molecule has 0 aliphatic heterocycles. The van der Waals surface area contributed by atoms with Gasteiger partial charge in [0, 0.05) is 12.1 Å². The molecule has 5 nitrogen and oxygen atoms in total. The maximum atomic E-state index is 12.6. The van der Waals surface area contributed by atoms with E-state index in [-0.39, 0.29) is 5.91 Å². The zero-order valence-electron chi connectivity index (χ0n) is 12.9. The number of aryl methyl sites for hydroxylation is 1. The van der Waals surface area contributed by atoms with Crippen LogP contribution in [0.2, 0.25) is 0 Å². The Balaban J connectivity index is 1.76. The Labute approximate surface area is 130 Å². The van der Waals surface area contributed by atoms with Gasteiger partial charge in [0.05, 0.1) is 0 Å². The number of carbonyl (C=O) groups excluding carboxylic acids is 1. The second kappa shape index (κ2) is 6.32. The average Bonchev–Trinajstić information content (AvgIpc) is 3.29. The fraction of sp³-hybridized carbons (Fsp3) is 0.412. The summed E-state index contributed by atoms with van der Waals surface area (Å²) in [5.41, 5.74) is 0.952. The molecule has 1 aromatic heterocycles. The second-order valence-corrected chi connectivity index (χ2v) is 5.95. The summed E-state index contributed by atoms with van der Waals surface area (Å²) in [5.74, 6) is 1.68. The van der Waals surface area contributed by atoms with E-state index in [1.165, 1.54) is 12.8 Å². The molecule has 2 atom stereocenters. The summed E-state index contributed by atoms with van der Waals surface area (Å²) < 4.78 is 5.00. The second-order valence-electron chi connectivity index (χ2n) is 5.95. The van der Waals surface area contributed by atoms with Crippen molar-refractivity contribution in [2.45, 2.75) is 38.8 Å². The molecule has 3 rings (SSSR count). The number of aromatic nitrogens is 1. The van der Waals surface area contributed by atoms with Crippen LogP contribution in [0.5, 0.6) is 0 Å². The number of nitrogens with one attached hydrogen (secondary N) is 2. The zero-order valence-corrected chi connectivity index (χ0v) is 12.9. The van der Waals surface area contributed by atoms with E-state index in [0.717, 1.165) is 5.56 Å². The van der Waals surface area contributed by atoms with Crippen LogP contribution >= 0.6 is 0 Å². The van der Waals surface area contributed by atoms with Gasteiger partial charge in [-0.15, -0.1) is 0 Å². The first-order valence-electron chi connectivity index (χ1n) is 7.68. The van der Waals surface area contributed by atoms with Crippen molar-refractivity contribution >= 4 is 11.7 Å². The molecule has 0 saturated heterocycles. The average molecular weight is 299 g/mol. The van der Waals surface area contributed by atoms with E-state index >= 15 is 0 Å². The van der Waals surface area contributed by atoms with Gasteiger partial charge in [-0.1, -0.05) is 35.5 Å². The molecule has 2 aromatic rings. The van der Waals surface area contributed by atoms with Crippen LogP contribution in [0.25, 0.3) is 0 Å². The minimum absolute atomic E-state index is 0.119. The lowest BCUT2D eigenvalue weighted by Crippen LogP contribution is -2.39. The van der Waals surface area contributed by atoms with Crippen molar-refractivity contribution in [3.05, 3.63) is 47.7 Å². The lowest BCUT2D eigenvalue weighted by atomic mass is 10.0. The maximum Gasteiger partial charge on any atom is 0.247 e. The summed E-state index contributed by atoms with van der Waals surface area (Å²) >= 11 is 0. The number of anilines is 1. The third-order valence-electron chi connectivity index (χ3n) is 4.03. The fourth-order valence-corrected chi connectivity index (χ4v) is 2.59. The molecule has 0 unspecified atom stereocenters. The van der Waals surface area contributed by atoms with E-state index in [1.54, 1.807) is 13.0 Å². The van der Waals surface area contributed by atoms with Gasteiger partial charge >= 0.3 is 0 Å². The summed E-state index contributed by atoms with van der Waals surface area (Å²) in [6.45, 7) is 3.94. The molecule has 116 valence electrons. The van der Waals surface area contributed by atoms with Gasteiger partial charge in [0.15, 0.2) is 5.82 Å². The number of hydrogen-bond donors (Lipinski definition) is 2. The molecule has 5 heteroatoms. The Hall–Kier alpha value is -2.14. The summed E-state index contributed by atoms with van der Waals surface area (Å²) in [4.78, 5) is 12.6. The van der Waals surface area contributed by atoms with Gasteiger partial charge < -0.3 is 9.84 Å².